The van der Waals surface area contributed by atoms with E-state index in [1.165, 1.54) is 105 Å². The van der Waals surface area contributed by atoms with E-state index in [0.29, 0.717) is 0 Å². The minimum atomic E-state index is 0.211. The number of fused-ring (bicyclic) bond motifs is 9. The van der Waals surface area contributed by atoms with E-state index in [9.17, 15) is 0 Å². The van der Waals surface area contributed by atoms with Gasteiger partial charge in [-0.15, -0.1) is 0 Å². The van der Waals surface area contributed by atoms with Crippen LogP contribution in [0.1, 0.15) is 35.6 Å². The molecule has 3 heterocycles. The van der Waals surface area contributed by atoms with Crippen LogP contribution in [-0.4, -0.2) is 13.7 Å². The average molecular weight is 818 g/mol. The molecule has 3 nitrogen and oxygen atoms in total. The van der Waals surface area contributed by atoms with Crippen LogP contribution >= 0.6 is 0 Å². The van der Waals surface area contributed by atoms with Crippen molar-refractivity contribution in [2.75, 3.05) is 0 Å². The molecular formula is C61H43N3. The van der Waals surface area contributed by atoms with Crippen molar-refractivity contribution in [1.82, 2.24) is 13.7 Å². The highest BCUT2D eigenvalue weighted by Crippen LogP contribution is 2.47. The Bertz CT molecular complexity index is 3770. The number of nitrogens with zero attached hydrogens (tertiary/aromatic N) is 3. The van der Waals surface area contributed by atoms with Crippen molar-refractivity contribution in [2.24, 2.45) is 0 Å². The molecule has 302 valence electrons. The number of benzene rings is 9. The van der Waals surface area contributed by atoms with Gasteiger partial charge in [-0.3, -0.25) is 0 Å². The van der Waals surface area contributed by atoms with E-state index in [2.05, 4.69) is 251 Å². The molecule has 1 aliphatic rings. The van der Waals surface area contributed by atoms with Gasteiger partial charge in [-0.25, -0.2) is 0 Å². The normalized spacial score (nSPS) is 14.9. The molecular weight excluding hydrogens is 775 g/mol. The maximum absolute atomic E-state index is 2.49. The Morgan fingerprint density at radius 3 is 1.41 bits per heavy atom. The topological polar surface area (TPSA) is 14.8 Å². The van der Waals surface area contributed by atoms with Crippen LogP contribution in [0.4, 0.5) is 0 Å². The van der Waals surface area contributed by atoms with Crippen LogP contribution in [0.15, 0.2) is 224 Å². The number of hydrogen-bond donors (Lipinski definition) is 0. The zero-order valence-electron chi connectivity index (χ0n) is 35.4. The lowest BCUT2D eigenvalue weighted by atomic mass is 9.78. The summed E-state index contributed by atoms with van der Waals surface area (Å²) in [5.74, 6) is 0.481. The van der Waals surface area contributed by atoms with Crippen LogP contribution in [0, 0.1) is 0 Å². The molecule has 0 spiro atoms. The fraction of sp³-hybridized carbons (Fsp3) is 0.0492. The fourth-order valence-electron chi connectivity index (χ4n) is 10.9. The summed E-state index contributed by atoms with van der Waals surface area (Å²) in [6, 6.07) is 80.2. The van der Waals surface area contributed by atoms with Crippen LogP contribution in [0.3, 0.4) is 0 Å². The first-order chi connectivity index (χ1) is 31.7. The van der Waals surface area contributed by atoms with Gasteiger partial charge in [0.05, 0.1) is 33.3 Å². The molecule has 9 aromatic carbocycles. The van der Waals surface area contributed by atoms with Gasteiger partial charge in [0, 0.05) is 49.9 Å². The molecule has 0 bridgehead atoms. The molecule has 0 saturated carbocycles. The van der Waals surface area contributed by atoms with E-state index in [1.54, 1.807) is 0 Å². The predicted octanol–water partition coefficient (Wildman–Crippen LogP) is 16.1. The van der Waals surface area contributed by atoms with Gasteiger partial charge in [-0.2, -0.15) is 0 Å². The summed E-state index contributed by atoms with van der Waals surface area (Å²) in [6.45, 7) is 2.42. The first-order valence-electron chi connectivity index (χ1n) is 22.4. The maximum Gasteiger partial charge on any atom is 0.0541 e. The van der Waals surface area contributed by atoms with Gasteiger partial charge >= 0.3 is 0 Å². The minimum absolute atomic E-state index is 0.211. The molecule has 3 aromatic heterocycles. The Morgan fingerprint density at radius 1 is 0.328 bits per heavy atom. The van der Waals surface area contributed by atoms with Gasteiger partial charge in [-0.1, -0.05) is 146 Å². The molecule has 3 heteroatoms. The number of para-hydroxylation sites is 4. The van der Waals surface area contributed by atoms with Gasteiger partial charge in [-0.05, 0) is 130 Å². The second kappa shape index (κ2) is 14.5. The number of aromatic nitrogens is 3. The summed E-state index contributed by atoms with van der Waals surface area (Å²) in [7, 11) is 0. The Hall–Kier alpha value is -8.14. The van der Waals surface area contributed by atoms with Crippen LogP contribution in [0.5, 0.6) is 0 Å². The highest BCUT2D eigenvalue weighted by Gasteiger charge is 2.30. The van der Waals surface area contributed by atoms with Crippen LogP contribution in [0.25, 0.3) is 99.9 Å². The zero-order valence-corrected chi connectivity index (χ0v) is 35.4. The van der Waals surface area contributed by atoms with Gasteiger partial charge < -0.3 is 13.7 Å². The summed E-state index contributed by atoms with van der Waals surface area (Å²) < 4.78 is 7.28. The quantitative estimate of drug-likeness (QED) is 0.159. The first kappa shape index (κ1) is 36.5. The summed E-state index contributed by atoms with van der Waals surface area (Å²) in [6.07, 6.45) is 4.82. The third-order valence-corrected chi connectivity index (χ3v) is 13.8. The summed E-state index contributed by atoms with van der Waals surface area (Å²) in [4.78, 5) is 0. The third kappa shape index (κ3) is 5.60. The average Bonchev–Trinajstić information content (AvgIpc) is 4.00. The molecule has 12 aromatic rings. The first-order valence-corrected chi connectivity index (χ1v) is 22.4. The second-order valence-corrected chi connectivity index (χ2v) is 17.3. The lowest BCUT2D eigenvalue weighted by molar-refractivity contribution is 0.672. The van der Waals surface area contributed by atoms with Crippen LogP contribution in [0.2, 0.25) is 0 Å². The van der Waals surface area contributed by atoms with E-state index in [4.69, 9.17) is 0 Å². The van der Waals surface area contributed by atoms with E-state index in [-0.39, 0.29) is 11.8 Å². The highest BCUT2D eigenvalue weighted by atomic mass is 15.0. The van der Waals surface area contributed by atoms with E-state index >= 15 is 0 Å². The van der Waals surface area contributed by atoms with Crippen molar-refractivity contribution >= 4 is 60.6 Å². The zero-order chi connectivity index (χ0) is 42.3. The molecule has 2 unspecified atom stereocenters. The molecule has 1 aliphatic carbocycles. The van der Waals surface area contributed by atoms with Gasteiger partial charge in [0.15, 0.2) is 0 Å². The molecule has 0 saturated heterocycles. The van der Waals surface area contributed by atoms with Crippen molar-refractivity contribution in [3.63, 3.8) is 0 Å². The van der Waals surface area contributed by atoms with Crippen molar-refractivity contribution in [3.05, 3.63) is 241 Å². The third-order valence-electron chi connectivity index (χ3n) is 13.8. The van der Waals surface area contributed by atoms with Crippen molar-refractivity contribution in [3.8, 4) is 39.3 Å². The second-order valence-electron chi connectivity index (χ2n) is 17.3. The molecule has 0 aliphatic heterocycles. The monoisotopic (exact) mass is 817 g/mol. The van der Waals surface area contributed by atoms with Crippen LogP contribution in [-0.2, 0) is 0 Å². The van der Waals surface area contributed by atoms with Crippen LogP contribution < -0.4 is 0 Å². The highest BCUT2D eigenvalue weighted by molar-refractivity contribution is 6.13. The molecule has 13 rings (SSSR count). The Balaban J connectivity index is 0.979. The van der Waals surface area contributed by atoms with Gasteiger partial charge in [0.1, 0.15) is 0 Å². The molecule has 0 amide bonds. The van der Waals surface area contributed by atoms with Gasteiger partial charge in [0.2, 0.25) is 0 Å². The largest absolute Gasteiger partial charge is 0.310 e. The predicted molar refractivity (Wildman–Crippen MR) is 269 cm³/mol. The number of hydrogen-bond acceptors (Lipinski definition) is 0. The van der Waals surface area contributed by atoms with Crippen molar-refractivity contribution < 1.29 is 0 Å². The van der Waals surface area contributed by atoms with E-state index in [1.807, 2.05) is 0 Å². The van der Waals surface area contributed by atoms with Crippen molar-refractivity contribution in [1.29, 1.82) is 0 Å². The molecule has 64 heavy (non-hydrogen) atoms. The lowest BCUT2D eigenvalue weighted by Crippen LogP contribution is -2.12. The standard InChI is InChI=1S/C61H43N3/c1-40-49(32-36-60-61(40)51-22-12-14-24-56(51)64(60)47-19-9-4-10-20-47)45-29-35-59-54(39-45)53-38-44(28-34-58(53)63(59)48-30-25-42(26-31-48)41-15-5-2-6-16-41)43-27-33-57-52(37-43)50-21-11-13-23-55(50)62(57)46-17-7-3-8-18-46/h2-40,49H,1H3. The molecule has 0 radical (unpaired) electrons. The fourth-order valence-corrected chi connectivity index (χ4v) is 10.9. The smallest absolute Gasteiger partial charge is 0.0541 e. The Kier molecular flexibility index (Phi) is 8.26. The van der Waals surface area contributed by atoms with E-state index < -0.39 is 0 Å². The minimum Gasteiger partial charge on any atom is -0.310 e. The SMILES string of the molecule is CC1c2c(n(-c3ccccc3)c3ccccc23)C=CC1c1ccc2c(c1)c1cc(-c3ccc4c(c3)c3ccccc3n4-c3ccccc3)ccc1n2-c1ccc(-c2ccccc2)cc1. The van der Waals surface area contributed by atoms with Gasteiger partial charge in [0.25, 0.3) is 0 Å². The molecule has 0 N–H and O–H groups in total. The molecule has 2 atom stereocenters. The number of rotatable bonds is 6. The summed E-state index contributed by atoms with van der Waals surface area (Å²) in [5.41, 5.74) is 18.5. The number of allylic oxidation sites excluding steroid dienone is 1. The van der Waals surface area contributed by atoms with Crippen molar-refractivity contribution in [2.45, 2.75) is 18.8 Å². The Morgan fingerprint density at radius 2 is 0.766 bits per heavy atom. The van der Waals surface area contributed by atoms with E-state index in [0.717, 1.165) is 5.69 Å². The molecule has 0 fully saturated rings. The summed E-state index contributed by atoms with van der Waals surface area (Å²) in [5, 5.41) is 6.36. The lowest BCUT2D eigenvalue weighted by Gasteiger charge is -2.27. The Labute approximate surface area is 372 Å². The summed E-state index contributed by atoms with van der Waals surface area (Å²) >= 11 is 0. The maximum atomic E-state index is 2.49.